The van der Waals surface area contributed by atoms with E-state index >= 15 is 0 Å². The second-order valence-electron chi connectivity index (χ2n) is 9.44. The molecule has 1 atom stereocenters. The molecule has 2 aromatic rings. The highest BCUT2D eigenvalue weighted by atomic mass is 16.2. The number of aryl methyl sites for hydroxylation is 1. The third-order valence-electron chi connectivity index (χ3n) is 7.06. The van der Waals surface area contributed by atoms with E-state index in [0.29, 0.717) is 18.9 Å². The molecule has 1 aliphatic heterocycles. The molecular formula is C28H36N2O2. The van der Waals surface area contributed by atoms with Crippen molar-refractivity contribution < 1.29 is 9.59 Å². The molecule has 2 amide bonds. The van der Waals surface area contributed by atoms with E-state index in [1.54, 1.807) is 0 Å². The van der Waals surface area contributed by atoms with Gasteiger partial charge in [-0.1, -0.05) is 79.9 Å². The monoisotopic (exact) mass is 432 g/mol. The molecule has 2 aliphatic rings. The largest absolute Gasteiger partial charge is 0.336 e. The Morgan fingerprint density at radius 2 is 1.53 bits per heavy atom. The molecule has 2 aromatic carbocycles. The van der Waals surface area contributed by atoms with Crippen LogP contribution >= 0.6 is 0 Å². The fourth-order valence-electron chi connectivity index (χ4n) is 5.26. The lowest BCUT2D eigenvalue weighted by Crippen LogP contribution is -2.47. The van der Waals surface area contributed by atoms with Gasteiger partial charge in [0.1, 0.15) is 6.04 Å². The second-order valence-corrected chi connectivity index (χ2v) is 9.44. The van der Waals surface area contributed by atoms with Gasteiger partial charge in [0.15, 0.2) is 0 Å². The minimum absolute atomic E-state index is 0.126. The van der Waals surface area contributed by atoms with Crippen LogP contribution in [0.1, 0.15) is 62.5 Å². The van der Waals surface area contributed by atoms with E-state index in [2.05, 4.69) is 24.3 Å². The summed E-state index contributed by atoms with van der Waals surface area (Å²) in [6.45, 7) is 2.12. The molecule has 0 N–H and O–H groups in total. The van der Waals surface area contributed by atoms with Gasteiger partial charge in [-0.05, 0) is 49.1 Å². The lowest BCUT2D eigenvalue weighted by atomic mass is 9.88. The first-order valence-corrected chi connectivity index (χ1v) is 12.4. The molecule has 1 heterocycles. The molecule has 0 spiro atoms. The Morgan fingerprint density at radius 3 is 2.22 bits per heavy atom. The molecule has 0 radical (unpaired) electrons. The number of benzene rings is 2. The summed E-state index contributed by atoms with van der Waals surface area (Å²) < 4.78 is 0. The number of rotatable bonds is 9. The maximum absolute atomic E-state index is 13.4. The van der Waals surface area contributed by atoms with Gasteiger partial charge in [0.05, 0.1) is 0 Å². The van der Waals surface area contributed by atoms with Crippen LogP contribution in [0.5, 0.6) is 0 Å². The molecule has 4 nitrogen and oxygen atoms in total. The van der Waals surface area contributed by atoms with Crippen LogP contribution < -0.4 is 0 Å². The summed E-state index contributed by atoms with van der Waals surface area (Å²) in [5, 5.41) is 0. The zero-order valence-corrected chi connectivity index (χ0v) is 19.1. The van der Waals surface area contributed by atoms with Crippen molar-refractivity contribution in [1.29, 1.82) is 0 Å². The van der Waals surface area contributed by atoms with Crippen LogP contribution in [0.2, 0.25) is 0 Å². The molecule has 1 saturated heterocycles. The lowest BCUT2D eigenvalue weighted by molar-refractivity contribution is -0.143. The number of hydrogen-bond acceptors (Lipinski definition) is 2. The van der Waals surface area contributed by atoms with E-state index in [1.807, 2.05) is 46.2 Å². The van der Waals surface area contributed by atoms with Gasteiger partial charge in [-0.2, -0.15) is 0 Å². The van der Waals surface area contributed by atoms with Gasteiger partial charge in [0, 0.05) is 26.1 Å². The summed E-state index contributed by atoms with van der Waals surface area (Å²) in [5.41, 5.74) is 2.42. The predicted octanol–water partition coefficient (Wildman–Crippen LogP) is 5.22. The number of nitrogens with zero attached hydrogens (tertiary/aromatic N) is 2. The highest BCUT2D eigenvalue weighted by molar-refractivity contribution is 5.89. The molecule has 170 valence electrons. The average Bonchev–Trinajstić information content (AvgIpc) is 3.19. The minimum atomic E-state index is -0.287. The van der Waals surface area contributed by atoms with Crippen molar-refractivity contribution in [3.8, 4) is 0 Å². The molecule has 0 bridgehead atoms. The van der Waals surface area contributed by atoms with Gasteiger partial charge in [-0.3, -0.25) is 9.59 Å². The first-order valence-electron chi connectivity index (χ1n) is 12.4. The number of amides is 2. The first kappa shape index (κ1) is 22.6. The molecule has 2 fully saturated rings. The van der Waals surface area contributed by atoms with E-state index in [4.69, 9.17) is 0 Å². The van der Waals surface area contributed by atoms with Crippen LogP contribution in [0.15, 0.2) is 60.7 Å². The van der Waals surface area contributed by atoms with E-state index < -0.39 is 0 Å². The quantitative estimate of drug-likeness (QED) is 0.545. The fourth-order valence-corrected chi connectivity index (χ4v) is 5.26. The van der Waals surface area contributed by atoms with Crippen molar-refractivity contribution in [3.05, 3.63) is 71.8 Å². The van der Waals surface area contributed by atoms with Gasteiger partial charge in [0.2, 0.25) is 11.8 Å². The van der Waals surface area contributed by atoms with Crippen molar-refractivity contribution in [2.75, 3.05) is 13.1 Å². The van der Waals surface area contributed by atoms with Crippen LogP contribution in [-0.4, -0.2) is 40.7 Å². The topological polar surface area (TPSA) is 40.6 Å². The maximum Gasteiger partial charge on any atom is 0.245 e. The summed E-state index contributed by atoms with van der Waals surface area (Å²) >= 11 is 0. The molecule has 1 saturated carbocycles. The van der Waals surface area contributed by atoms with Crippen molar-refractivity contribution in [2.24, 2.45) is 5.92 Å². The van der Waals surface area contributed by atoms with Gasteiger partial charge in [-0.15, -0.1) is 0 Å². The van der Waals surface area contributed by atoms with Crippen molar-refractivity contribution in [1.82, 2.24) is 9.80 Å². The third-order valence-corrected chi connectivity index (χ3v) is 7.06. The van der Waals surface area contributed by atoms with Gasteiger partial charge < -0.3 is 9.80 Å². The van der Waals surface area contributed by atoms with E-state index in [9.17, 15) is 9.59 Å². The normalized spacial score (nSPS) is 19.3. The fraction of sp³-hybridized carbons (Fsp3) is 0.500. The summed E-state index contributed by atoms with van der Waals surface area (Å²) in [4.78, 5) is 30.6. The van der Waals surface area contributed by atoms with Gasteiger partial charge in [0.25, 0.3) is 0 Å². The highest BCUT2D eigenvalue weighted by Gasteiger charge is 2.38. The van der Waals surface area contributed by atoms with Crippen LogP contribution in [0.3, 0.4) is 0 Å². The molecule has 1 unspecified atom stereocenters. The van der Waals surface area contributed by atoms with E-state index in [0.717, 1.165) is 37.9 Å². The average molecular weight is 433 g/mol. The van der Waals surface area contributed by atoms with Crippen molar-refractivity contribution in [2.45, 2.75) is 70.4 Å². The molecule has 0 aromatic heterocycles. The van der Waals surface area contributed by atoms with Gasteiger partial charge >= 0.3 is 0 Å². The maximum atomic E-state index is 13.4. The Bertz CT molecular complexity index is 862. The molecule has 4 heteroatoms. The van der Waals surface area contributed by atoms with Gasteiger partial charge in [-0.25, -0.2) is 0 Å². The van der Waals surface area contributed by atoms with E-state index in [1.165, 1.54) is 37.7 Å². The molecule has 1 aliphatic carbocycles. The Labute approximate surface area is 192 Å². The smallest absolute Gasteiger partial charge is 0.245 e. The summed E-state index contributed by atoms with van der Waals surface area (Å²) in [5.74, 6) is 0.824. The first-order chi connectivity index (χ1) is 15.7. The summed E-state index contributed by atoms with van der Waals surface area (Å²) in [6.07, 6.45) is 9.17. The zero-order valence-electron chi connectivity index (χ0n) is 19.1. The standard InChI is InChI=1S/C28H36N2O2/c31-27(18-10-17-23-11-4-1-5-12-23)30(22-25-15-8-3-9-16-25)26-19-20-29(28(26)32)21-24-13-6-2-7-14-24/h1-2,4-7,11-14,25-26H,3,8-10,15-22H2. The van der Waals surface area contributed by atoms with Crippen LogP contribution in [0, 0.1) is 5.92 Å². The third kappa shape index (κ3) is 5.99. The number of hydrogen-bond donors (Lipinski definition) is 0. The minimum Gasteiger partial charge on any atom is -0.336 e. The highest BCUT2D eigenvalue weighted by Crippen LogP contribution is 2.28. The van der Waals surface area contributed by atoms with E-state index in [-0.39, 0.29) is 17.9 Å². The Kier molecular flexibility index (Phi) is 7.97. The molecular weight excluding hydrogens is 396 g/mol. The molecule has 4 rings (SSSR count). The Morgan fingerprint density at radius 1 is 0.875 bits per heavy atom. The number of carbonyl (C=O) groups excluding carboxylic acids is 2. The number of carbonyl (C=O) groups is 2. The van der Waals surface area contributed by atoms with Crippen molar-refractivity contribution >= 4 is 11.8 Å². The lowest BCUT2D eigenvalue weighted by Gasteiger charge is -2.33. The van der Waals surface area contributed by atoms with Crippen LogP contribution in [-0.2, 0) is 22.6 Å². The summed E-state index contributed by atoms with van der Waals surface area (Å²) in [6, 6.07) is 20.2. The zero-order chi connectivity index (χ0) is 22.2. The SMILES string of the molecule is O=C1C(N(CC2CCCCC2)C(=O)CCCc2ccccc2)CCN1Cc1ccccc1. The van der Waals surface area contributed by atoms with Crippen molar-refractivity contribution in [3.63, 3.8) is 0 Å². The van der Waals surface area contributed by atoms with Crippen LogP contribution in [0.25, 0.3) is 0 Å². The second kappa shape index (κ2) is 11.3. The predicted molar refractivity (Wildman–Crippen MR) is 128 cm³/mol. The molecule has 32 heavy (non-hydrogen) atoms. The van der Waals surface area contributed by atoms with Crippen LogP contribution in [0.4, 0.5) is 0 Å². The number of likely N-dealkylation sites (tertiary alicyclic amines) is 1. The summed E-state index contributed by atoms with van der Waals surface area (Å²) in [7, 11) is 0. The Balaban J connectivity index is 1.40. The Hall–Kier alpha value is -2.62.